The zero-order valence-corrected chi connectivity index (χ0v) is 13.0. The van der Waals surface area contributed by atoms with Crippen molar-refractivity contribution >= 4 is 34.0 Å². The van der Waals surface area contributed by atoms with Gasteiger partial charge in [0.15, 0.2) is 4.34 Å². The number of benzene rings is 1. The third-order valence-electron chi connectivity index (χ3n) is 2.91. The first-order valence-electron chi connectivity index (χ1n) is 6.39. The van der Waals surface area contributed by atoms with Crippen molar-refractivity contribution in [3.63, 3.8) is 0 Å². The van der Waals surface area contributed by atoms with Gasteiger partial charge in [-0.1, -0.05) is 18.2 Å². The topological polar surface area (TPSA) is 37.8 Å². The Morgan fingerprint density at radius 1 is 1.25 bits per heavy atom. The molecule has 0 unspecified atom stereocenters. The number of fused-ring (bicyclic) bond motifs is 1. The Bertz CT molecular complexity index is 737. The molecule has 20 heavy (non-hydrogen) atoms. The summed E-state index contributed by atoms with van der Waals surface area (Å²) in [6.45, 7) is 2.83. The lowest BCUT2D eigenvalue weighted by Crippen LogP contribution is -2.07. The highest BCUT2D eigenvalue weighted by atomic mass is 32.2. The van der Waals surface area contributed by atoms with Crippen LogP contribution in [0, 0.1) is 6.92 Å². The average molecular weight is 301 g/mol. The molecule has 2 heterocycles. The van der Waals surface area contributed by atoms with Gasteiger partial charge in [-0.15, -0.1) is 11.3 Å². The molecular formula is C15H15N3S2. The van der Waals surface area contributed by atoms with Crippen LogP contribution in [-0.2, 0) is 6.54 Å². The molecule has 0 aliphatic heterocycles. The standard InChI is InChI=1S/C15H15N3S2/c1-10-9-19-15(17-10)20-14-12(8-16-2)7-11-5-3-4-6-13(11)18-14/h3-7,9,16H,8H2,1-2H3. The van der Waals surface area contributed by atoms with Crippen molar-refractivity contribution in [3.8, 4) is 0 Å². The van der Waals surface area contributed by atoms with Gasteiger partial charge in [0, 0.05) is 23.0 Å². The number of pyridine rings is 1. The van der Waals surface area contributed by atoms with Crippen LogP contribution in [-0.4, -0.2) is 17.0 Å². The second-order valence-electron chi connectivity index (χ2n) is 4.53. The Hall–Kier alpha value is -1.43. The lowest BCUT2D eigenvalue weighted by molar-refractivity contribution is 0.794. The number of aromatic nitrogens is 2. The molecule has 5 heteroatoms. The van der Waals surface area contributed by atoms with Gasteiger partial charge in [0.1, 0.15) is 5.03 Å². The van der Waals surface area contributed by atoms with Crippen molar-refractivity contribution in [2.45, 2.75) is 22.8 Å². The number of thiazole rings is 1. The molecule has 3 rings (SSSR count). The molecule has 0 bridgehead atoms. The minimum Gasteiger partial charge on any atom is -0.316 e. The smallest absolute Gasteiger partial charge is 0.156 e. The Balaban J connectivity index is 2.04. The van der Waals surface area contributed by atoms with E-state index in [-0.39, 0.29) is 0 Å². The van der Waals surface area contributed by atoms with Gasteiger partial charge < -0.3 is 5.32 Å². The first-order chi connectivity index (χ1) is 9.76. The summed E-state index contributed by atoms with van der Waals surface area (Å²) in [5, 5.41) is 7.49. The normalized spacial score (nSPS) is 11.1. The molecule has 0 saturated heterocycles. The number of nitrogens with one attached hydrogen (secondary N) is 1. The SMILES string of the molecule is CNCc1cc2ccccc2nc1Sc1nc(C)cs1. The Morgan fingerprint density at radius 3 is 2.85 bits per heavy atom. The lowest BCUT2D eigenvalue weighted by atomic mass is 10.1. The summed E-state index contributed by atoms with van der Waals surface area (Å²) < 4.78 is 1.04. The number of aryl methyl sites for hydroxylation is 1. The monoisotopic (exact) mass is 301 g/mol. The maximum atomic E-state index is 4.79. The van der Waals surface area contributed by atoms with E-state index in [0.717, 1.165) is 27.1 Å². The van der Waals surface area contributed by atoms with Crippen LogP contribution in [0.15, 0.2) is 45.1 Å². The summed E-state index contributed by atoms with van der Waals surface area (Å²) >= 11 is 3.31. The molecule has 0 aliphatic rings. The molecule has 1 aromatic carbocycles. The first kappa shape index (κ1) is 13.5. The Labute approximate surface area is 126 Å². The molecule has 0 amide bonds. The van der Waals surface area contributed by atoms with Crippen LogP contribution in [0.4, 0.5) is 0 Å². The summed E-state index contributed by atoms with van der Waals surface area (Å²) in [6, 6.07) is 10.4. The summed E-state index contributed by atoms with van der Waals surface area (Å²) in [4.78, 5) is 9.30. The van der Waals surface area contributed by atoms with Gasteiger partial charge in [0.25, 0.3) is 0 Å². The highest BCUT2D eigenvalue weighted by Crippen LogP contribution is 2.32. The highest BCUT2D eigenvalue weighted by Gasteiger charge is 2.10. The van der Waals surface area contributed by atoms with Gasteiger partial charge in [-0.3, -0.25) is 0 Å². The molecule has 3 aromatic rings. The summed E-state index contributed by atoms with van der Waals surface area (Å²) in [5.74, 6) is 0. The van der Waals surface area contributed by atoms with Crippen molar-refractivity contribution in [3.05, 3.63) is 47.0 Å². The maximum Gasteiger partial charge on any atom is 0.156 e. The van der Waals surface area contributed by atoms with Gasteiger partial charge in [0.05, 0.1) is 5.52 Å². The van der Waals surface area contributed by atoms with E-state index in [4.69, 9.17) is 4.98 Å². The molecule has 2 aromatic heterocycles. The van der Waals surface area contributed by atoms with Crippen molar-refractivity contribution in [2.75, 3.05) is 7.05 Å². The van der Waals surface area contributed by atoms with Crippen LogP contribution in [0.2, 0.25) is 0 Å². The third-order valence-corrected chi connectivity index (χ3v) is 5.02. The van der Waals surface area contributed by atoms with E-state index in [1.165, 1.54) is 10.9 Å². The zero-order valence-electron chi connectivity index (χ0n) is 11.4. The number of hydrogen-bond acceptors (Lipinski definition) is 5. The highest BCUT2D eigenvalue weighted by molar-refractivity contribution is 8.01. The average Bonchev–Trinajstić information content (AvgIpc) is 2.85. The number of para-hydroxylation sites is 1. The summed E-state index contributed by atoms with van der Waals surface area (Å²) in [5.41, 5.74) is 3.31. The van der Waals surface area contributed by atoms with Crippen LogP contribution < -0.4 is 5.32 Å². The fraction of sp³-hybridized carbons (Fsp3) is 0.200. The van der Waals surface area contributed by atoms with Crippen LogP contribution in [0.3, 0.4) is 0 Å². The van der Waals surface area contributed by atoms with E-state index in [2.05, 4.69) is 33.9 Å². The zero-order chi connectivity index (χ0) is 13.9. The lowest BCUT2D eigenvalue weighted by Gasteiger charge is -2.08. The molecule has 0 aliphatic carbocycles. The van der Waals surface area contributed by atoms with E-state index >= 15 is 0 Å². The summed E-state index contributed by atoms with van der Waals surface area (Å²) in [7, 11) is 1.96. The fourth-order valence-electron chi connectivity index (χ4n) is 2.01. The summed E-state index contributed by atoms with van der Waals surface area (Å²) in [6.07, 6.45) is 0. The fourth-order valence-corrected chi connectivity index (χ4v) is 3.87. The molecule has 1 N–H and O–H groups in total. The number of hydrogen-bond donors (Lipinski definition) is 1. The quantitative estimate of drug-likeness (QED) is 0.794. The largest absolute Gasteiger partial charge is 0.316 e. The molecule has 0 fully saturated rings. The first-order valence-corrected chi connectivity index (χ1v) is 8.09. The van der Waals surface area contributed by atoms with Crippen LogP contribution >= 0.6 is 23.1 Å². The number of nitrogens with zero attached hydrogens (tertiary/aromatic N) is 2. The Morgan fingerprint density at radius 2 is 2.10 bits per heavy atom. The van der Waals surface area contributed by atoms with Crippen molar-refractivity contribution in [2.24, 2.45) is 0 Å². The van der Waals surface area contributed by atoms with Crippen molar-refractivity contribution < 1.29 is 0 Å². The van der Waals surface area contributed by atoms with E-state index in [9.17, 15) is 0 Å². The van der Waals surface area contributed by atoms with Gasteiger partial charge >= 0.3 is 0 Å². The molecular weight excluding hydrogens is 286 g/mol. The van der Waals surface area contributed by atoms with Gasteiger partial charge in [-0.05, 0) is 43.4 Å². The molecule has 0 spiro atoms. The predicted molar refractivity (Wildman–Crippen MR) is 85.5 cm³/mol. The van der Waals surface area contributed by atoms with Crippen molar-refractivity contribution in [1.29, 1.82) is 0 Å². The van der Waals surface area contributed by atoms with Crippen molar-refractivity contribution in [1.82, 2.24) is 15.3 Å². The Kier molecular flexibility index (Phi) is 4.00. The van der Waals surface area contributed by atoms with Crippen LogP contribution in [0.1, 0.15) is 11.3 Å². The second kappa shape index (κ2) is 5.91. The number of rotatable bonds is 4. The maximum absolute atomic E-state index is 4.79. The molecule has 102 valence electrons. The second-order valence-corrected chi connectivity index (χ2v) is 6.63. The molecule has 0 radical (unpaired) electrons. The minimum absolute atomic E-state index is 0.810. The van der Waals surface area contributed by atoms with Gasteiger partial charge in [-0.25, -0.2) is 9.97 Å². The minimum atomic E-state index is 0.810. The van der Waals surface area contributed by atoms with E-state index in [0.29, 0.717) is 0 Å². The predicted octanol–water partition coefficient (Wildman–Crippen LogP) is 3.87. The van der Waals surface area contributed by atoms with E-state index < -0.39 is 0 Å². The molecule has 0 atom stereocenters. The van der Waals surface area contributed by atoms with Crippen LogP contribution in [0.5, 0.6) is 0 Å². The molecule has 0 saturated carbocycles. The van der Waals surface area contributed by atoms with E-state index in [1.54, 1.807) is 23.1 Å². The van der Waals surface area contributed by atoms with Gasteiger partial charge in [-0.2, -0.15) is 0 Å². The molecule has 3 nitrogen and oxygen atoms in total. The third kappa shape index (κ3) is 2.85. The van der Waals surface area contributed by atoms with Crippen LogP contribution in [0.25, 0.3) is 10.9 Å². The van der Waals surface area contributed by atoms with Gasteiger partial charge in [0.2, 0.25) is 0 Å². The van der Waals surface area contributed by atoms with E-state index in [1.807, 2.05) is 26.1 Å².